The third-order valence-electron chi connectivity index (χ3n) is 3.61. The number of aryl methyl sites for hydroxylation is 3. The van der Waals surface area contributed by atoms with Crippen molar-refractivity contribution in [3.63, 3.8) is 0 Å². The molecule has 1 amide bonds. The molecule has 3 rings (SSSR count). The molecule has 0 fully saturated rings. The van der Waals surface area contributed by atoms with E-state index < -0.39 is 0 Å². The first-order chi connectivity index (χ1) is 11.9. The summed E-state index contributed by atoms with van der Waals surface area (Å²) in [7, 11) is 0. The standard InChI is InChI=1S/C17H17ClN4O2S/c1-10-8-13(18)4-5-15(10)24-9-22-7-6-14(21-22)16(23)20-17-19-11(2)12(3)25-17/h4-8H,9H2,1-3H3,(H,19,20,23). The van der Waals surface area contributed by atoms with E-state index in [1.54, 1.807) is 23.0 Å². The molecule has 0 aliphatic rings. The van der Waals surface area contributed by atoms with Crippen molar-refractivity contribution in [1.82, 2.24) is 14.8 Å². The molecule has 0 aliphatic heterocycles. The van der Waals surface area contributed by atoms with Crippen molar-refractivity contribution >= 4 is 34.0 Å². The number of nitrogens with zero attached hydrogens (tertiary/aromatic N) is 3. The lowest BCUT2D eigenvalue weighted by Gasteiger charge is -2.09. The normalized spacial score (nSPS) is 10.7. The summed E-state index contributed by atoms with van der Waals surface area (Å²) in [4.78, 5) is 17.6. The van der Waals surface area contributed by atoms with Crippen LogP contribution < -0.4 is 10.1 Å². The lowest BCUT2D eigenvalue weighted by molar-refractivity contribution is 0.102. The van der Waals surface area contributed by atoms with Gasteiger partial charge < -0.3 is 4.74 Å². The molecule has 130 valence electrons. The third-order valence-corrected chi connectivity index (χ3v) is 4.83. The molecule has 6 nitrogen and oxygen atoms in total. The molecule has 2 heterocycles. The highest BCUT2D eigenvalue weighted by Gasteiger charge is 2.13. The minimum absolute atomic E-state index is 0.200. The first-order valence-corrected chi connectivity index (χ1v) is 8.79. The maximum atomic E-state index is 12.2. The smallest absolute Gasteiger partial charge is 0.277 e. The van der Waals surface area contributed by atoms with Crippen LogP contribution in [-0.2, 0) is 6.73 Å². The van der Waals surface area contributed by atoms with E-state index in [9.17, 15) is 4.79 Å². The molecule has 8 heteroatoms. The van der Waals surface area contributed by atoms with Gasteiger partial charge >= 0.3 is 0 Å². The fraction of sp³-hybridized carbons (Fsp3) is 0.235. The highest BCUT2D eigenvalue weighted by atomic mass is 35.5. The molecule has 0 radical (unpaired) electrons. The zero-order valence-electron chi connectivity index (χ0n) is 14.0. The minimum atomic E-state index is -0.296. The maximum absolute atomic E-state index is 12.2. The lowest BCUT2D eigenvalue weighted by atomic mass is 10.2. The Kier molecular flexibility index (Phi) is 5.06. The lowest BCUT2D eigenvalue weighted by Crippen LogP contribution is -2.14. The number of nitrogens with one attached hydrogen (secondary N) is 1. The van der Waals surface area contributed by atoms with Crippen molar-refractivity contribution in [3.8, 4) is 5.75 Å². The summed E-state index contributed by atoms with van der Waals surface area (Å²) in [5.74, 6) is 0.426. The first kappa shape index (κ1) is 17.4. The number of rotatable bonds is 5. The topological polar surface area (TPSA) is 69.0 Å². The second-order valence-corrected chi connectivity index (χ2v) is 7.18. The Morgan fingerprint density at radius 2 is 2.12 bits per heavy atom. The molecule has 2 aromatic heterocycles. The summed E-state index contributed by atoms with van der Waals surface area (Å²) in [6.07, 6.45) is 1.69. The van der Waals surface area contributed by atoms with Crippen molar-refractivity contribution in [3.05, 3.63) is 57.3 Å². The van der Waals surface area contributed by atoms with Crippen molar-refractivity contribution < 1.29 is 9.53 Å². The Hall–Kier alpha value is -2.38. The Morgan fingerprint density at radius 3 is 2.80 bits per heavy atom. The highest BCUT2D eigenvalue weighted by Crippen LogP contribution is 2.23. The van der Waals surface area contributed by atoms with E-state index in [-0.39, 0.29) is 12.6 Å². The molecule has 0 saturated carbocycles. The Morgan fingerprint density at radius 1 is 1.32 bits per heavy atom. The van der Waals surface area contributed by atoms with Crippen molar-refractivity contribution in [2.45, 2.75) is 27.5 Å². The quantitative estimate of drug-likeness (QED) is 0.724. The summed E-state index contributed by atoms with van der Waals surface area (Å²) in [5.41, 5.74) is 2.16. The zero-order chi connectivity index (χ0) is 18.0. The van der Waals surface area contributed by atoms with Crippen LogP contribution in [0.3, 0.4) is 0 Å². The molecule has 0 atom stereocenters. The molecular weight excluding hydrogens is 360 g/mol. The highest BCUT2D eigenvalue weighted by molar-refractivity contribution is 7.15. The molecular formula is C17H17ClN4O2S. The van der Waals surface area contributed by atoms with Gasteiger partial charge in [-0.05, 0) is 50.6 Å². The van der Waals surface area contributed by atoms with Gasteiger partial charge in [0, 0.05) is 16.1 Å². The van der Waals surface area contributed by atoms with Gasteiger partial charge in [0.05, 0.1) is 5.69 Å². The van der Waals surface area contributed by atoms with E-state index in [4.69, 9.17) is 16.3 Å². The van der Waals surface area contributed by atoms with Crippen molar-refractivity contribution in [2.75, 3.05) is 5.32 Å². The third kappa shape index (κ3) is 4.18. The number of carbonyl (C=O) groups excluding carboxylic acids is 1. The van der Waals surface area contributed by atoms with Crippen LogP contribution in [0.25, 0.3) is 0 Å². The predicted molar refractivity (Wildman–Crippen MR) is 98.6 cm³/mol. The van der Waals surface area contributed by atoms with Crippen LogP contribution >= 0.6 is 22.9 Å². The van der Waals surface area contributed by atoms with Gasteiger partial charge in [-0.3, -0.25) is 10.1 Å². The average Bonchev–Trinajstić information content (AvgIpc) is 3.14. The van der Waals surface area contributed by atoms with Gasteiger partial charge in [0.1, 0.15) is 5.75 Å². The van der Waals surface area contributed by atoms with Gasteiger partial charge in [-0.25, -0.2) is 9.67 Å². The molecule has 0 aliphatic carbocycles. The number of anilines is 1. The van der Waals surface area contributed by atoms with Crippen LogP contribution in [-0.4, -0.2) is 20.7 Å². The van der Waals surface area contributed by atoms with Crippen LogP contribution in [0.5, 0.6) is 5.75 Å². The number of amides is 1. The summed E-state index contributed by atoms with van der Waals surface area (Å²) in [6.45, 7) is 5.99. The van der Waals surface area contributed by atoms with E-state index in [1.807, 2.05) is 32.9 Å². The van der Waals surface area contributed by atoms with E-state index >= 15 is 0 Å². The fourth-order valence-corrected chi connectivity index (χ4v) is 3.19. The summed E-state index contributed by atoms with van der Waals surface area (Å²) >= 11 is 7.37. The molecule has 0 unspecified atom stereocenters. The van der Waals surface area contributed by atoms with E-state index in [1.165, 1.54) is 11.3 Å². The van der Waals surface area contributed by atoms with Crippen molar-refractivity contribution in [1.29, 1.82) is 0 Å². The van der Waals surface area contributed by atoms with E-state index in [0.717, 1.165) is 21.9 Å². The van der Waals surface area contributed by atoms with Crippen LogP contribution in [0.4, 0.5) is 5.13 Å². The average molecular weight is 377 g/mol. The SMILES string of the molecule is Cc1cc(Cl)ccc1OCn1ccc(C(=O)Nc2nc(C)c(C)s2)n1. The molecule has 25 heavy (non-hydrogen) atoms. The van der Waals surface area contributed by atoms with Gasteiger partial charge in [0.2, 0.25) is 0 Å². The number of benzene rings is 1. The van der Waals surface area contributed by atoms with E-state index in [0.29, 0.717) is 15.8 Å². The molecule has 0 saturated heterocycles. The van der Waals surface area contributed by atoms with Crippen LogP contribution in [0.15, 0.2) is 30.5 Å². The first-order valence-electron chi connectivity index (χ1n) is 7.60. The van der Waals surface area contributed by atoms with Crippen LogP contribution in [0.2, 0.25) is 5.02 Å². The number of hydrogen-bond acceptors (Lipinski definition) is 5. The van der Waals surface area contributed by atoms with Crippen LogP contribution in [0.1, 0.15) is 26.6 Å². The Labute approximate surface area is 154 Å². The molecule has 3 aromatic rings. The Bertz CT molecular complexity index is 900. The fourth-order valence-electron chi connectivity index (χ4n) is 2.15. The Balaban J connectivity index is 1.62. The summed E-state index contributed by atoms with van der Waals surface area (Å²) < 4.78 is 7.26. The zero-order valence-corrected chi connectivity index (χ0v) is 15.6. The number of halogens is 1. The minimum Gasteiger partial charge on any atom is -0.471 e. The van der Waals surface area contributed by atoms with Gasteiger partial charge in [-0.15, -0.1) is 11.3 Å². The number of carbonyl (C=O) groups is 1. The van der Waals surface area contributed by atoms with Gasteiger partial charge in [-0.2, -0.15) is 5.10 Å². The van der Waals surface area contributed by atoms with Crippen molar-refractivity contribution in [2.24, 2.45) is 0 Å². The number of aromatic nitrogens is 3. The number of hydrogen-bond donors (Lipinski definition) is 1. The molecule has 0 bridgehead atoms. The summed E-state index contributed by atoms with van der Waals surface area (Å²) in [6, 6.07) is 7.04. The van der Waals surface area contributed by atoms with Crippen LogP contribution in [0, 0.1) is 20.8 Å². The maximum Gasteiger partial charge on any atom is 0.277 e. The molecule has 1 aromatic carbocycles. The predicted octanol–water partition coefficient (Wildman–Crippen LogP) is 4.21. The van der Waals surface area contributed by atoms with Gasteiger partial charge in [0.15, 0.2) is 17.6 Å². The number of ether oxygens (including phenoxy) is 1. The van der Waals surface area contributed by atoms with E-state index in [2.05, 4.69) is 15.4 Å². The van der Waals surface area contributed by atoms with Gasteiger partial charge in [-0.1, -0.05) is 11.6 Å². The monoisotopic (exact) mass is 376 g/mol. The molecule has 1 N–H and O–H groups in total. The largest absolute Gasteiger partial charge is 0.471 e. The van der Waals surface area contributed by atoms with Gasteiger partial charge in [0.25, 0.3) is 5.91 Å². The second-order valence-electron chi connectivity index (χ2n) is 5.54. The molecule has 0 spiro atoms. The summed E-state index contributed by atoms with van der Waals surface area (Å²) in [5, 5.41) is 8.22. The number of thiazole rings is 1. The second kappa shape index (κ2) is 7.25.